The van der Waals surface area contributed by atoms with Crippen molar-refractivity contribution in [1.82, 2.24) is 4.98 Å². The Morgan fingerprint density at radius 2 is 2.15 bits per heavy atom. The third kappa shape index (κ3) is 1.48. The average Bonchev–Trinajstić information content (AvgIpc) is 2.18. The lowest BCUT2D eigenvalue weighted by atomic mass is 10.1. The van der Waals surface area contributed by atoms with Crippen LogP contribution in [0.15, 0.2) is 30.6 Å². The fourth-order valence-corrected chi connectivity index (χ4v) is 2.14. The molecule has 0 atom stereocenters. The summed E-state index contributed by atoms with van der Waals surface area (Å²) in [5.74, 6) is 0. The smallest absolute Gasteiger partial charge is 0.0554 e. The number of hydrogen-bond donors (Lipinski definition) is 1. The van der Waals surface area contributed by atoms with Crippen LogP contribution in [-0.2, 0) is 0 Å². The number of benzene rings is 1. The van der Waals surface area contributed by atoms with E-state index in [1.165, 1.54) is 20.0 Å². The van der Waals surface area contributed by atoms with E-state index in [2.05, 4.69) is 45.0 Å². The number of halogens is 1. The van der Waals surface area contributed by atoms with Gasteiger partial charge in [0.25, 0.3) is 0 Å². The third-order valence-corrected chi connectivity index (χ3v) is 2.92. The molecule has 0 unspecified atom stereocenters. The van der Waals surface area contributed by atoms with Gasteiger partial charge in [0, 0.05) is 33.8 Å². The summed E-state index contributed by atoms with van der Waals surface area (Å²) in [7, 11) is 1.94. The predicted molar refractivity (Wildman–Crippen MR) is 64.0 cm³/mol. The molecule has 0 radical (unpaired) electrons. The first-order valence-corrected chi connectivity index (χ1v) is 5.11. The fraction of sp³-hybridized carbons (Fsp3) is 0.100. The summed E-state index contributed by atoms with van der Waals surface area (Å²) >= 11 is 2.33. The van der Waals surface area contributed by atoms with Gasteiger partial charge < -0.3 is 5.32 Å². The van der Waals surface area contributed by atoms with Crippen molar-refractivity contribution >= 4 is 39.1 Å². The lowest BCUT2D eigenvalue weighted by molar-refractivity contribution is 1.36. The lowest BCUT2D eigenvalue weighted by Gasteiger charge is -2.07. The molecule has 1 aromatic carbocycles. The van der Waals surface area contributed by atoms with Crippen molar-refractivity contribution in [1.29, 1.82) is 0 Å². The van der Waals surface area contributed by atoms with Crippen molar-refractivity contribution in [3.8, 4) is 0 Å². The molecule has 2 aromatic rings. The summed E-state index contributed by atoms with van der Waals surface area (Å²) in [6.45, 7) is 0. The average molecular weight is 284 g/mol. The maximum Gasteiger partial charge on any atom is 0.0554 e. The number of anilines is 1. The summed E-state index contributed by atoms with van der Waals surface area (Å²) in [6.07, 6.45) is 3.70. The molecule has 0 fully saturated rings. The molecule has 0 bridgehead atoms. The largest absolute Gasteiger partial charge is 0.387 e. The molecule has 1 N–H and O–H groups in total. The first kappa shape index (κ1) is 8.74. The van der Waals surface area contributed by atoms with E-state index in [-0.39, 0.29) is 0 Å². The molecular weight excluding hydrogens is 275 g/mol. The van der Waals surface area contributed by atoms with E-state index in [1.807, 2.05) is 25.5 Å². The fourth-order valence-electron chi connectivity index (χ4n) is 1.40. The molecule has 0 aliphatic rings. The van der Waals surface area contributed by atoms with Crippen LogP contribution in [0.5, 0.6) is 0 Å². The Kier molecular flexibility index (Phi) is 2.35. The zero-order valence-corrected chi connectivity index (χ0v) is 9.37. The highest BCUT2D eigenvalue weighted by atomic mass is 127. The molecule has 0 amide bonds. The van der Waals surface area contributed by atoms with Gasteiger partial charge in [0.2, 0.25) is 0 Å². The summed E-state index contributed by atoms with van der Waals surface area (Å²) in [4.78, 5) is 4.09. The highest BCUT2D eigenvalue weighted by Gasteiger charge is 2.02. The molecule has 3 heteroatoms. The maximum absolute atomic E-state index is 4.09. The van der Waals surface area contributed by atoms with Gasteiger partial charge in [-0.15, -0.1) is 0 Å². The first-order chi connectivity index (χ1) is 6.33. The highest BCUT2D eigenvalue weighted by molar-refractivity contribution is 14.1. The normalized spacial score (nSPS) is 10.3. The Bertz CT molecular complexity index is 440. The van der Waals surface area contributed by atoms with Crippen molar-refractivity contribution in [2.75, 3.05) is 12.4 Å². The van der Waals surface area contributed by atoms with E-state index >= 15 is 0 Å². The van der Waals surface area contributed by atoms with Crippen LogP contribution in [0.4, 0.5) is 5.69 Å². The van der Waals surface area contributed by atoms with Crippen LogP contribution in [-0.4, -0.2) is 12.0 Å². The molecule has 0 spiro atoms. The molecule has 2 rings (SSSR count). The Morgan fingerprint density at radius 1 is 1.31 bits per heavy atom. The van der Waals surface area contributed by atoms with Crippen LogP contribution in [0.3, 0.4) is 0 Å². The van der Waals surface area contributed by atoms with Gasteiger partial charge in [0.15, 0.2) is 0 Å². The summed E-state index contributed by atoms with van der Waals surface area (Å²) < 4.78 is 1.24. The molecule has 66 valence electrons. The zero-order valence-electron chi connectivity index (χ0n) is 7.21. The van der Waals surface area contributed by atoms with Crippen LogP contribution >= 0.6 is 22.6 Å². The summed E-state index contributed by atoms with van der Waals surface area (Å²) in [6, 6.07) is 6.21. The number of fused-ring (bicyclic) bond motifs is 1. The second-order valence-corrected chi connectivity index (χ2v) is 3.93. The van der Waals surface area contributed by atoms with E-state index in [0.29, 0.717) is 0 Å². The Morgan fingerprint density at radius 3 is 2.92 bits per heavy atom. The lowest BCUT2D eigenvalue weighted by Crippen LogP contribution is -1.92. The third-order valence-electron chi connectivity index (χ3n) is 2.02. The van der Waals surface area contributed by atoms with E-state index in [9.17, 15) is 0 Å². The molecule has 13 heavy (non-hydrogen) atoms. The Balaban J connectivity index is 2.84. The van der Waals surface area contributed by atoms with Gasteiger partial charge >= 0.3 is 0 Å². The molecule has 2 nitrogen and oxygen atoms in total. The van der Waals surface area contributed by atoms with Gasteiger partial charge in [-0.2, -0.15) is 0 Å². The van der Waals surface area contributed by atoms with Crippen molar-refractivity contribution in [2.24, 2.45) is 0 Å². The first-order valence-electron chi connectivity index (χ1n) is 4.03. The van der Waals surface area contributed by atoms with Gasteiger partial charge in [0.05, 0.1) is 5.69 Å². The highest BCUT2D eigenvalue weighted by Crippen LogP contribution is 2.27. The van der Waals surface area contributed by atoms with Gasteiger partial charge in [0.1, 0.15) is 0 Å². The minimum absolute atomic E-state index is 1.17. The van der Waals surface area contributed by atoms with Crippen LogP contribution in [0.2, 0.25) is 0 Å². The van der Waals surface area contributed by atoms with Crippen molar-refractivity contribution in [2.45, 2.75) is 0 Å². The Hall–Kier alpha value is -0.840. The standard InChI is InChI=1S/C10H9IN2/c1-12-10-8-4-5-13-6-7(8)2-3-9(10)11/h2-6,12H,1H3. The minimum atomic E-state index is 1.17. The van der Waals surface area contributed by atoms with Crippen LogP contribution in [0.25, 0.3) is 10.8 Å². The number of pyridine rings is 1. The van der Waals surface area contributed by atoms with Gasteiger partial charge in [-0.3, -0.25) is 4.98 Å². The minimum Gasteiger partial charge on any atom is -0.387 e. The number of nitrogens with one attached hydrogen (secondary N) is 1. The van der Waals surface area contributed by atoms with Crippen molar-refractivity contribution < 1.29 is 0 Å². The van der Waals surface area contributed by atoms with E-state index in [0.717, 1.165) is 0 Å². The van der Waals surface area contributed by atoms with Gasteiger partial charge in [-0.25, -0.2) is 0 Å². The molecule has 0 saturated heterocycles. The summed E-state index contributed by atoms with van der Waals surface area (Å²) in [5.41, 5.74) is 1.18. The van der Waals surface area contributed by atoms with E-state index in [1.54, 1.807) is 0 Å². The molecule has 0 saturated carbocycles. The second-order valence-electron chi connectivity index (χ2n) is 2.77. The number of rotatable bonds is 1. The number of hydrogen-bond acceptors (Lipinski definition) is 2. The Labute approximate surface area is 90.5 Å². The quantitative estimate of drug-likeness (QED) is 0.814. The van der Waals surface area contributed by atoms with Crippen LogP contribution < -0.4 is 5.32 Å². The SMILES string of the molecule is CNc1c(I)ccc2cnccc12. The van der Waals surface area contributed by atoms with Crippen LogP contribution in [0.1, 0.15) is 0 Å². The predicted octanol–water partition coefficient (Wildman–Crippen LogP) is 2.88. The monoisotopic (exact) mass is 284 g/mol. The maximum atomic E-state index is 4.09. The summed E-state index contributed by atoms with van der Waals surface area (Å²) in [5, 5.41) is 5.60. The van der Waals surface area contributed by atoms with Crippen LogP contribution in [0, 0.1) is 3.57 Å². The molecule has 0 aliphatic carbocycles. The molecular formula is C10H9IN2. The topological polar surface area (TPSA) is 24.9 Å². The van der Waals surface area contributed by atoms with Gasteiger partial charge in [-0.1, -0.05) is 6.07 Å². The molecule has 1 heterocycles. The zero-order chi connectivity index (χ0) is 9.26. The number of nitrogens with zero attached hydrogens (tertiary/aromatic N) is 1. The van der Waals surface area contributed by atoms with E-state index < -0.39 is 0 Å². The van der Waals surface area contributed by atoms with Gasteiger partial charge in [-0.05, 0) is 34.7 Å². The molecule has 0 aliphatic heterocycles. The molecule has 1 aromatic heterocycles. The van der Waals surface area contributed by atoms with Crippen molar-refractivity contribution in [3.05, 3.63) is 34.2 Å². The van der Waals surface area contributed by atoms with Crippen molar-refractivity contribution in [3.63, 3.8) is 0 Å². The number of aromatic nitrogens is 1. The van der Waals surface area contributed by atoms with E-state index in [4.69, 9.17) is 0 Å². The second kappa shape index (κ2) is 3.49.